The summed E-state index contributed by atoms with van der Waals surface area (Å²) in [7, 11) is 0. The van der Waals surface area contributed by atoms with Crippen LogP contribution in [0.1, 0.15) is 40.0 Å². The summed E-state index contributed by atoms with van der Waals surface area (Å²) in [5.41, 5.74) is 2.42. The van der Waals surface area contributed by atoms with E-state index in [1.807, 2.05) is 0 Å². The number of carbonyl (C=O) groups is 1. The Bertz CT molecular complexity index is 791. The number of nitrogens with zero attached hydrogens (tertiary/aromatic N) is 1. The van der Waals surface area contributed by atoms with E-state index < -0.39 is 18.3 Å². The highest BCUT2D eigenvalue weighted by atomic mass is 19.1. The Morgan fingerprint density at radius 2 is 1.96 bits per heavy atom. The van der Waals surface area contributed by atoms with Gasteiger partial charge in [-0.3, -0.25) is 10.0 Å². The smallest absolute Gasteiger partial charge is 0.297 e. The number of amides is 1. The Balaban J connectivity index is 1.80. The van der Waals surface area contributed by atoms with Gasteiger partial charge in [-0.25, -0.2) is 14.9 Å². The summed E-state index contributed by atoms with van der Waals surface area (Å²) in [6, 6.07) is 6.28. The Kier molecular flexibility index (Phi) is 4.67. The predicted octanol–water partition coefficient (Wildman–Crippen LogP) is 1.32. The number of hydroxylamine groups is 1. The van der Waals surface area contributed by atoms with Crippen molar-refractivity contribution >= 4 is 5.91 Å². The van der Waals surface area contributed by atoms with Crippen LogP contribution in [0.2, 0.25) is 0 Å². The van der Waals surface area contributed by atoms with Crippen molar-refractivity contribution in [2.24, 2.45) is 0 Å². The average molecular weight is 347 g/mol. The number of benzene rings is 1. The largest absolute Gasteiger partial charge is 0.505 e. The standard InChI is InChI=1S/C17H18FN3O4/c18-12-3-1-11(2-4-12)17(5-6-17)20-8-10-7-19-14(16(24)21-25)15(23)13(10)9-22/h1-4,7,20,22-23,25H,5-6,8-9H2,(H,21,24). The molecular weight excluding hydrogens is 329 g/mol. The quantitative estimate of drug-likeness (QED) is 0.398. The molecule has 5 N–H and O–H groups in total. The maximum atomic E-state index is 13.1. The lowest BCUT2D eigenvalue weighted by molar-refractivity contribution is 0.0697. The molecule has 0 spiro atoms. The molecule has 1 fully saturated rings. The normalized spacial score (nSPS) is 15.0. The van der Waals surface area contributed by atoms with Crippen LogP contribution in [-0.4, -0.2) is 26.3 Å². The molecule has 0 radical (unpaired) electrons. The number of hydrogen-bond donors (Lipinski definition) is 5. The van der Waals surface area contributed by atoms with Crippen molar-refractivity contribution in [1.29, 1.82) is 0 Å². The third-order valence-electron chi connectivity index (χ3n) is 4.49. The molecule has 1 aliphatic rings. The number of pyridine rings is 1. The topological polar surface area (TPSA) is 115 Å². The summed E-state index contributed by atoms with van der Waals surface area (Å²) in [5, 5.41) is 31.6. The summed E-state index contributed by atoms with van der Waals surface area (Å²) in [4.78, 5) is 15.3. The maximum absolute atomic E-state index is 13.1. The molecule has 25 heavy (non-hydrogen) atoms. The zero-order valence-corrected chi connectivity index (χ0v) is 13.3. The number of carbonyl (C=O) groups excluding carboxylic acids is 1. The van der Waals surface area contributed by atoms with Gasteiger partial charge in [-0.05, 0) is 36.1 Å². The van der Waals surface area contributed by atoms with Gasteiger partial charge in [-0.2, -0.15) is 0 Å². The zero-order chi connectivity index (χ0) is 18.0. The SMILES string of the molecule is O=C(NO)c1ncc(CNC2(c3ccc(F)cc3)CC2)c(CO)c1O. The Morgan fingerprint density at radius 3 is 2.52 bits per heavy atom. The van der Waals surface area contributed by atoms with Crippen molar-refractivity contribution in [3.05, 3.63) is 58.7 Å². The van der Waals surface area contributed by atoms with E-state index >= 15 is 0 Å². The highest BCUT2D eigenvalue weighted by Gasteiger charge is 2.43. The van der Waals surface area contributed by atoms with Gasteiger partial charge in [-0.15, -0.1) is 0 Å². The van der Waals surface area contributed by atoms with Crippen molar-refractivity contribution in [2.45, 2.75) is 31.5 Å². The first-order chi connectivity index (χ1) is 12.0. The minimum atomic E-state index is -0.961. The second kappa shape index (κ2) is 6.75. The molecule has 3 rings (SSSR count). The lowest BCUT2D eigenvalue weighted by Gasteiger charge is -2.19. The average Bonchev–Trinajstić information content (AvgIpc) is 3.41. The number of aromatic nitrogens is 1. The van der Waals surface area contributed by atoms with Crippen LogP contribution in [0.25, 0.3) is 0 Å². The van der Waals surface area contributed by atoms with Gasteiger partial charge in [0.2, 0.25) is 0 Å². The number of aliphatic hydroxyl groups excluding tert-OH is 1. The fourth-order valence-corrected chi connectivity index (χ4v) is 2.85. The molecule has 2 aromatic rings. The minimum Gasteiger partial charge on any atom is -0.505 e. The molecule has 1 saturated carbocycles. The van der Waals surface area contributed by atoms with Crippen LogP contribution < -0.4 is 10.8 Å². The maximum Gasteiger partial charge on any atom is 0.297 e. The van der Waals surface area contributed by atoms with Crippen LogP contribution >= 0.6 is 0 Å². The van der Waals surface area contributed by atoms with Gasteiger partial charge < -0.3 is 15.5 Å². The lowest BCUT2D eigenvalue weighted by atomic mass is 10.0. The Morgan fingerprint density at radius 1 is 1.28 bits per heavy atom. The summed E-state index contributed by atoms with van der Waals surface area (Å²) >= 11 is 0. The van der Waals surface area contributed by atoms with Gasteiger partial charge in [0.15, 0.2) is 11.4 Å². The van der Waals surface area contributed by atoms with Crippen molar-refractivity contribution in [2.75, 3.05) is 0 Å². The molecule has 0 aliphatic heterocycles. The Hall–Kier alpha value is -2.55. The molecule has 132 valence electrons. The van der Waals surface area contributed by atoms with Crippen LogP contribution in [0.3, 0.4) is 0 Å². The van der Waals surface area contributed by atoms with Crippen molar-refractivity contribution in [1.82, 2.24) is 15.8 Å². The summed E-state index contributed by atoms with van der Waals surface area (Å²) in [6.45, 7) is -0.185. The van der Waals surface area contributed by atoms with Gasteiger partial charge in [0.25, 0.3) is 5.91 Å². The molecule has 1 amide bonds. The van der Waals surface area contributed by atoms with Crippen LogP contribution in [0.4, 0.5) is 4.39 Å². The van der Waals surface area contributed by atoms with E-state index in [9.17, 15) is 19.4 Å². The number of hydrogen-bond acceptors (Lipinski definition) is 6. The molecule has 0 bridgehead atoms. The van der Waals surface area contributed by atoms with E-state index in [1.165, 1.54) is 23.8 Å². The molecule has 0 saturated heterocycles. The number of aromatic hydroxyl groups is 1. The Labute approximate surface area is 143 Å². The van der Waals surface area contributed by atoms with Crippen molar-refractivity contribution in [3.8, 4) is 5.75 Å². The highest BCUT2D eigenvalue weighted by molar-refractivity contribution is 5.94. The van der Waals surface area contributed by atoms with Crippen LogP contribution in [-0.2, 0) is 18.7 Å². The van der Waals surface area contributed by atoms with Crippen molar-refractivity contribution < 1.29 is 24.6 Å². The summed E-state index contributed by atoms with van der Waals surface area (Å²) in [6.07, 6.45) is 3.14. The highest BCUT2D eigenvalue weighted by Crippen LogP contribution is 2.45. The minimum absolute atomic E-state index is 0.163. The van der Waals surface area contributed by atoms with Gasteiger partial charge in [0.05, 0.1) is 6.61 Å². The first kappa shape index (κ1) is 17.3. The molecule has 0 atom stereocenters. The van der Waals surface area contributed by atoms with Gasteiger partial charge in [0, 0.05) is 23.8 Å². The summed E-state index contributed by atoms with van der Waals surface area (Å²) < 4.78 is 13.1. The van der Waals surface area contributed by atoms with E-state index in [4.69, 9.17) is 5.21 Å². The fraction of sp³-hybridized carbons (Fsp3) is 0.294. The number of rotatable bonds is 6. The van der Waals surface area contributed by atoms with Crippen LogP contribution in [0.15, 0.2) is 30.5 Å². The molecule has 1 aromatic carbocycles. The summed E-state index contributed by atoms with van der Waals surface area (Å²) in [5.74, 6) is -1.73. The van der Waals surface area contributed by atoms with Crippen molar-refractivity contribution in [3.63, 3.8) is 0 Å². The van der Waals surface area contributed by atoms with E-state index in [0.717, 1.165) is 18.4 Å². The third-order valence-corrected chi connectivity index (χ3v) is 4.49. The number of aliphatic hydroxyl groups is 1. The number of nitrogens with one attached hydrogen (secondary N) is 2. The molecule has 8 heteroatoms. The second-order valence-corrected chi connectivity index (χ2v) is 6.00. The first-order valence-electron chi connectivity index (χ1n) is 7.77. The van der Waals surface area contributed by atoms with Crippen LogP contribution in [0.5, 0.6) is 5.75 Å². The fourth-order valence-electron chi connectivity index (χ4n) is 2.85. The molecular formula is C17H18FN3O4. The van der Waals surface area contributed by atoms with E-state index in [-0.39, 0.29) is 22.6 Å². The molecule has 1 aliphatic carbocycles. The molecule has 1 heterocycles. The van der Waals surface area contributed by atoms with Gasteiger partial charge in [-0.1, -0.05) is 12.1 Å². The van der Waals surface area contributed by atoms with E-state index in [2.05, 4.69) is 10.3 Å². The zero-order valence-electron chi connectivity index (χ0n) is 13.3. The van der Waals surface area contributed by atoms with Gasteiger partial charge in [0.1, 0.15) is 5.82 Å². The third kappa shape index (κ3) is 3.32. The first-order valence-corrected chi connectivity index (χ1v) is 7.77. The van der Waals surface area contributed by atoms with Crippen LogP contribution in [0, 0.1) is 5.82 Å². The van der Waals surface area contributed by atoms with Gasteiger partial charge >= 0.3 is 0 Å². The molecule has 0 unspecified atom stereocenters. The van der Waals surface area contributed by atoms with E-state index in [0.29, 0.717) is 12.1 Å². The lowest BCUT2D eigenvalue weighted by Crippen LogP contribution is -2.29. The molecule has 1 aromatic heterocycles. The second-order valence-electron chi connectivity index (χ2n) is 6.00. The number of halogens is 1. The predicted molar refractivity (Wildman–Crippen MR) is 85.2 cm³/mol. The van der Waals surface area contributed by atoms with E-state index in [1.54, 1.807) is 12.1 Å². The monoisotopic (exact) mass is 347 g/mol. The molecule has 7 nitrogen and oxygen atoms in total.